The summed E-state index contributed by atoms with van der Waals surface area (Å²) in [5, 5.41) is 8.63. The fraction of sp³-hybridized carbons (Fsp3) is 0.125. The van der Waals surface area contributed by atoms with Crippen LogP contribution in [0.5, 0.6) is 0 Å². The standard InChI is InChI=1S/C16H14Cl2FN3O2/c1-9(23)21-14-4-2-10(17)6-15(14)20-8-16(24)22-13-5-3-11(19)7-12(13)18/h2-7,20H,8H2,1H3,(H,21,23)(H,22,24). The number of hydrogen-bond acceptors (Lipinski definition) is 3. The summed E-state index contributed by atoms with van der Waals surface area (Å²) in [7, 11) is 0. The van der Waals surface area contributed by atoms with Gasteiger partial charge in [0.1, 0.15) is 5.82 Å². The van der Waals surface area contributed by atoms with Gasteiger partial charge in [-0.05, 0) is 36.4 Å². The van der Waals surface area contributed by atoms with E-state index < -0.39 is 11.7 Å². The Labute approximate surface area is 148 Å². The third-order valence-corrected chi connectivity index (χ3v) is 3.48. The Morgan fingerprint density at radius 3 is 2.38 bits per heavy atom. The minimum Gasteiger partial charge on any atom is -0.374 e. The van der Waals surface area contributed by atoms with E-state index in [1.807, 2.05) is 0 Å². The van der Waals surface area contributed by atoms with Gasteiger partial charge in [-0.25, -0.2) is 4.39 Å². The summed E-state index contributed by atoms with van der Waals surface area (Å²) in [4.78, 5) is 23.2. The van der Waals surface area contributed by atoms with Crippen LogP contribution in [0.25, 0.3) is 0 Å². The average Bonchev–Trinajstić information content (AvgIpc) is 2.50. The molecule has 5 nitrogen and oxygen atoms in total. The first-order valence-corrected chi connectivity index (χ1v) is 7.66. The summed E-state index contributed by atoms with van der Waals surface area (Å²) >= 11 is 11.8. The number of benzene rings is 2. The Morgan fingerprint density at radius 1 is 1.00 bits per heavy atom. The van der Waals surface area contributed by atoms with Crippen molar-refractivity contribution < 1.29 is 14.0 Å². The van der Waals surface area contributed by atoms with Crippen LogP contribution in [0.3, 0.4) is 0 Å². The molecule has 8 heteroatoms. The summed E-state index contributed by atoms with van der Waals surface area (Å²) in [5.41, 5.74) is 1.30. The average molecular weight is 370 g/mol. The molecular weight excluding hydrogens is 356 g/mol. The first kappa shape index (κ1) is 18.0. The van der Waals surface area contributed by atoms with E-state index in [1.165, 1.54) is 19.1 Å². The normalized spacial score (nSPS) is 10.2. The van der Waals surface area contributed by atoms with Gasteiger partial charge < -0.3 is 16.0 Å². The fourth-order valence-electron chi connectivity index (χ4n) is 1.92. The van der Waals surface area contributed by atoms with Crippen molar-refractivity contribution in [3.05, 3.63) is 52.3 Å². The maximum Gasteiger partial charge on any atom is 0.243 e. The van der Waals surface area contributed by atoms with Crippen LogP contribution in [-0.2, 0) is 9.59 Å². The maximum absolute atomic E-state index is 13.0. The molecule has 24 heavy (non-hydrogen) atoms. The van der Waals surface area contributed by atoms with Crippen molar-refractivity contribution in [1.82, 2.24) is 0 Å². The Morgan fingerprint density at radius 2 is 1.71 bits per heavy atom. The smallest absolute Gasteiger partial charge is 0.243 e. The lowest BCUT2D eigenvalue weighted by atomic mass is 10.2. The van der Waals surface area contributed by atoms with E-state index in [0.717, 1.165) is 6.07 Å². The molecule has 0 aliphatic rings. The minimum absolute atomic E-state index is 0.0966. The highest BCUT2D eigenvalue weighted by Gasteiger charge is 2.09. The highest BCUT2D eigenvalue weighted by molar-refractivity contribution is 6.33. The van der Waals surface area contributed by atoms with Crippen LogP contribution in [0.2, 0.25) is 10.0 Å². The molecule has 0 bridgehead atoms. The zero-order chi connectivity index (χ0) is 17.7. The molecule has 0 atom stereocenters. The molecule has 2 aromatic rings. The highest BCUT2D eigenvalue weighted by atomic mass is 35.5. The molecule has 0 unspecified atom stereocenters. The van der Waals surface area contributed by atoms with Crippen molar-refractivity contribution in [2.45, 2.75) is 6.92 Å². The molecule has 0 heterocycles. The molecule has 126 valence electrons. The minimum atomic E-state index is -0.491. The molecule has 0 fully saturated rings. The van der Waals surface area contributed by atoms with Crippen molar-refractivity contribution >= 4 is 52.1 Å². The number of halogens is 3. The zero-order valence-corrected chi connectivity index (χ0v) is 14.1. The molecule has 0 aliphatic carbocycles. The molecule has 0 radical (unpaired) electrons. The van der Waals surface area contributed by atoms with Crippen molar-refractivity contribution in [3.8, 4) is 0 Å². The van der Waals surface area contributed by atoms with Crippen LogP contribution in [-0.4, -0.2) is 18.4 Å². The Balaban J connectivity index is 2.03. The largest absolute Gasteiger partial charge is 0.374 e. The van der Waals surface area contributed by atoms with Gasteiger partial charge in [0.05, 0.1) is 28.6 Å². The fourth-order valence-corrected chi connectivity index (χ4v) is 2.31. The first-order valence-electron chi connectivity index (χ1n) is 6.91. The molecule has 2 rings (SSSR count). The van der Waals surface area contributed by atoms with Crippen molar-refractivity contribution in [1.29, 1.82) is 0 Å². The van der Waals surface area contributed by atoms with Gasteiger partial charge in [0.25, 0.3) is 0 Å². The number of amides is 2. The van der Waals surface area contributed by atoms with Gasteiger partial charge in [0.15, 0.2) is 0 Å². The lowest BCUT2D eigenvalue weighted by Gasteiger charge is -2.13. The van der Waals surface area contributed by atoms with Gasteiger partial charge in [0, 0.05) is 11.9 Å². The molecule has 3 N–H and O–H groups in total. The molecule has 0 aliphatic heterocycles. The maximum atomic E-state index is 13.0. The lowest BCUT2D eigenvalue weighted by Crippen LogP contribution is -2.22. The van der Waals surface area contributed by atoms with Gasteiger partial charge in [-0.3, -0.25) is 9.59 Å². The number of hydrogen-bond donors (Lipinski definition) is 3. The van der Waals surface area contributed by atoms with Crippen molar-refractivity contribution in [2.75, 3.05) is 22.5 Å². The number of nitrogens with one attached hydrogen (secondary N) is 3. The number of carbonyl (C=O) groups excluding carboxylic acids is 2. The predicted octanol–water partition coefficient (Wildman–Crippen LogP) is 4.14. The van der Waals surface area contributed by atoms with Gasteiger partial charge >= 0.3 is 0 Å². The monoisotopic (exact) mass is 369 g/mol. The molecule has 2 amide bonds. The van der Waals surface area contributed by atoms with Crippen LogP contribution in [0.1, 0.15) is 6.92 Å². The van der Waals surface area contributed by atoms with Crippen molar-refractivity contribution in [3.63, 3.8) is 0 Å². The third-order valence-electron chi connectivity index (χ3n) is 2.94. The van der Waals surface area contributed by atoms with E-state index in [2.05, 4.69) is 16.0 Å². The molecule has 0 saturated carbocycles. The summed E-state index contributed by atoms with van der Waals surface area (Å²) < 4.78 is 13.0. The predicted molar refractivity (Wildman–Crippen MR) is 94.3 cm³/mol. The summed E-state index contributed by atoms with van der Waals surface area (Å²) in [6.07, 6.45) is 0. The molecular formula is C16H14Cl2FN3O2. The quantitative estimate of drug-likeness (QED) is 0.741. The second-order valence-corrected chi connectivity index (χ2v) is 5.74. The summed E-state index contributed by atoms with van der Waals surface area (Å²) in [6.45, 7) is 1.28. The molecule has 0 spiro atoms. The van der Waals surface area contributed by atoms with Gasteiger partial charge in [-0.15, -0.1) is 0 Å². The van der Waals surface area contributed by atoms with Gasteiger partial charge in [-0.2, -0.15) is 0 Å². The van der Waals surface area contributed by atoms with Crippen molar-refractivity contribution in [2.24, 2.45) is 0 Å². The van der Waals surface area contributed by atoms with Crippen LogP contribution in [0, 0.1) is 5.82 Å². The Hall–Kier alpha value is -2.31. The van der Waals surface area contributed by atoms with E-state index >= 15 is 0 Å². The second-order valence-electron chi connectivity index (χ2n) is 4.90. The van der Waals surface area contributed by atoms with E-state index in [0.29, 0.717) is 22.1 Å². The molecule has 0 aromatic heterocycles. The van der Waals surface area contributed by atoms with E-state index in [9.17, 15) is 14.0 Å². The second kappa shape index (κ2) is 7.99. The van der Waals surface area contributed by atoms with Crippen LogP contribution in [0.15, 0.2) is 36.4 Å². The summed E-state index contributed by atoms with van der Waals surface area (Å²) in [6, 6.07) is 8.51. The van der Waals surface area contributed by atoms with E-state index in [-0.39, 0.29) is 17.5 Å². The SMILES string of the molecule is CC(=O)Nc1ccc(Cl)cc1NCC(=O)Nc1ccc(F)cc1Cl. The number of anilines is 3. The Kier molecular flexibility index (Phi) is 6.00. The molecule has 2 aromatic carbocycles. The Bertz CT molecular complexity index is 784. The lowest BCUT2D eigenvalue weighted by molar-refractivity contribution is -0.115. The van der Waals surface area contributed by atoms with E-state index in [1.54, 1.807) is 18.2 Å². The summed E-state index contributed by atoms with van der Waals surface area (Å²) in [5.74, 6) is -1.13. The van der Waals surface area contributed by atoms with Crippen LogP contribution < -0.4 is 16.0 Å². The van der Waals surface area contributed by atoms with E-state index in [4.69, 9.17) is 23.2 Å². The number of carbonyl (C=O) groups is 2. The topological polar surface area (TPSA) is 70.2 Å². The van der Waals surface area contributed by atoms with Gasteiger partial charge in [0.2, 0.25) is 11.8 Å². The van der Waals surface area contributed by atoms with Gasteiger partial charge in [-0.1, -0.05) is 23.2 Å². The number of rotatable bonds is 5. The first-order chi connectivity index (χ1) is 11.3. The molecule has 0 saturated heterocycles. The van der Waals surface area contributed by atoms with Crippen LogP contribution >= 0.6 is 23.2 Å². The third kappa shape index (κ3) is 5.11. The highest BCUT2D eigenvalue weighted by Crippen LogP contribution is 2.26. The zero-order valence-electron chi connectivity index (χ0n) is 12.6. The van der Waals surface area contributed by atoms with Crippen LogP contribution in [0.4, 0.5) is 21.5 Å².